The molecule has 0 unspecified atom stereocenters. The molecule has 4 saturated heterocycles. The summed E-state index contributed by atoms with van der Waals surface area (Å²) in [4.78, 5) is 0. The first-order valence-corrected chi connectivity index (χ1v) is 39.2. The van der Waals surface area contributed by atoms with Crippen LogP contribution in [0.1, 0.15) is 89.0 Å². The Kier molecular flexibility index (Phi) is 30.9. The van der Waals surface area contributed by atoms with Crippen molar-refractivity contribution in [1.82, 2.24) is 0 Å². The molecule has 20 atom stereocenters. The van der Waals surface area contributed by atoms with E-state index in [0.717, 1.165) is 66.8 Å². The highest BCUT2D eigenvalue weighted by Gasteiger charge is 2.47. The number of rotatable bonds is 24. The van der Waals surface area contributed by atoms with Crippen LogP contribution in [0.2, 0.25) is 0 Å². The molecule has 16 N–H and O–H groups in total. The van der Waals surface area contributed by atoms with Crippen molar-refractivity contribution in [2.24, 2.45) is 0 Å². The molecule has 632 valence electrons. The molecule has 28 nitrogen and oxygen atoms in total. The molecule has 8 aromatic rings. The van der Waals surface area contributed by atoms with Crippen molar-refractivity contribution in [2.75, 3.05) is 52.9 Å². The minimum absolute atomic E-state index is 0.129. The highest BCUT2D eigenvalue weighted by atomic mass is 16.7. The van der Waals surface area contributed by atoms with Gasteiger partial charge in [0.1, 0.15) is 174 Å². The molecule has 13 rings (SSSR count). The van der Waals surface area contributed by atoms with E-state index in [-0.39, 0.29) is 52.9 Å². The van der Waals surface area contributed by atoms with E-state index in [1.54, 1.807) is 0 Å². The second kappa shape index (κ2) is 42.2. The van der Waals surface area contributed by atoms with Gasteiger partial charge in [-0.25, -0.2) is 0 Å². The van der Waals surface area contributed by atoms with Gasteiger partial charge in [0.05, 0.1) is 26.4 Å². The van der Waals surface area contributed by atoms with E-state index < -0.39 is 149 Å². The zero-order valence-corrected chi connectivity index (χ0v) is 65.1. The summed E-state index contributed by atoms with van der Waals surface area (Å²) in [6.45, 7) is -2.71. The van der Waals surface area contributed by atoms with Crippen LogP contribution in [0.15, 0.2) is 170 Å². The van der Waals surface area contributed by atoms with Crippen LogP contribution in [0.5, 0.6) is 23.0 Å². The third kappa shape index (κ3) is 21.9. The number of hydrogen-bond donors (Lipinski definition) is 16. The van der Waals surface area contributed by atoms with Crippen LogP contribution < -0.4 is 18.9 Å². The zero-order chi connectivity index (χ0) is 84.3. The summed E-state index contributed by atoms with van der Waals surface area (Å²) in [5.74, 6) is 26.3. The lowest BCUT2D eigenvalue weighted by molar-refractivity contribution is -0.298. The Morgan fingerprint density at radius 2 is 0.425 bits per heavy atom. The van der Waals surface area contributed by atoms with Gasteiger partial charge in [-0.1, -0.05) is 169 Å². The first kappa shape index (κ1) is 88.0. The number of fused-ring (bicyclic) bond motifs is 8. The summed E-state index contributed by atoms with van der Waals surface area (Å²) in [7, 11) is 0. The molecular formula is C92H96O28. The van der Waals surface area contributed by atoms with Gasteiger partial charge >= 0.3 is 0 Å². The zero-order valence-electron chi connectivity index (χ0n) is 65.1. The molecule has 5 aliphatic rings. The average molecular weight is 1650 g/mol. The molecule has 0 amide bonds. The van der Waals surface area contributed by atoms with E-state index in [1.807, 2.05) is 170 Å². The van der Waals surface area contributed by atoms with Gasteiger partial charge in [-0.2, -0.15) is 0 Å². The first-order chi connectivity index (χ1) is 58.3. The lowest BCUT2D eigenvalue weighted by Gasteiger charge is -2.39. The fourth-order valence-electron chi connectivity index (χ4n) is 14.5. The third-order valence-electron chi connectivity index (χ3n) is 21.2. The minimum atomic E-state index is -1.60. The van der Waals surface area contributed by atoms with Crippen LogP contribution in [0.4, 0.5) is 0 Å². The van der Waals surface area contributed by atoms with Gasteiger partial charge in [0, 0.05) is 47.9 Å². The number of ether oxygens (including phenoxy) is 12. The van der Waals surface area contributed by atoms with Gasteiger partial charge in [-0.05, 0) is 115 Å². The summed E-state index contributed by atoms with van der Waals surface area (Å²) in [5.41, 5.74) is 12.5. The smallest absolute Gasteiger partial charge is 0.187 e. The molecule has 8 bridgehead atoms. The number of hydrogen-bond acceptors (Lipinski definition) is 28. The molecule has 4 heterocycles. The second-order valence-electron chi connectivity index (χ2n) is 29.5. The standard InChI is InChI=1S/C92H96O28/c93-45-69-73(97)77(101)81(105)89(117-69)109-37-5-9-53-21-29-57(30-22-53)49-113-85-61-13-1-14-62(85)42-64-16-3-18-66(87(64)115-51-59-33-25-55(26-34-59)11-7-39-111-91-83(107)79(103)75(99)71(47-95)119-91)44-68-20-4-19-67(88(68)116-52-60-35-27-56(28-36-60)12-8-40-112-92-84(108)80(104)76(100)72(48-96)120-92)43-65-17-2-15-63(41-61)86(65)114-50-58-31-23-54(24-32-58)10-6-38-110-90-82(106)78(102)74(98)70(46-94)118-90/h1-4,13-36,69-84,89-108H,37-52H2/t69-,70-,71-,72-,73-,74-,75-,76-,77+,78+,79+,80+,81+,82+,83+,84+,89+,90+,91+,92+/m1/s1. The van der Waals surface area contributed by atoms with Crippen molar-refractivity contribution in [3.05, 3.63) is 259 Å². The van der Waals surface area contributed by atoms with Crippen LogP contribution in [0.25, 0.3) is 0 Å². The SMILES string of the molecule is OC[C@H]1O[C@H](OCC#Cc2ccc(COc3c4cccc3Cc3cccc(c3OCc3ccc(C#CCO[C@H]5O[C@H](CO)[C@@H](O)[C@H](O)[C@@H]5O)cc3)Cc3cccc(c3OCc3ccc(C#CCO[C@H]5O[C@H](CO)[C@@H](O)[C@H](O)[C@@H]5O)cc3)Cc3cccc(c3OCc3ccc(C#CCO[C@H]5O[C@H](CO)[C@@H](O)[C@H](O)[C@@H]5O)cc3)C4)cc2)[C@@H](O)[C@@H](O)[C@@H]1O. The maximum absolute atomic E-state index is 10.5. The predicted octanol–water partition coefficient (Wildman–Crippen LogP) is 1.35. The normalized spacial score (nSPS) is 27.0. The van der Waals surface area contributed by atoms with Gasteiger partial charge in [-0.3, -0.25) is 0 Å². The van der Waals surface area contributed by atoms with Gasteiger partial charge in [-0.15, -0.1) is 0 Å². The summed E-state index contributed by atoms with van der Waals surface area (Å²) in [5, 5.41) is 163. The fourth-order valence-corrected chi connectivity index (χ4v) is 14.5. The average Bonchev–Trinajstić information content (AvgIpc) is 0.757. The Balaban J connectivity index is 0.806. The first-order valence-electron chi connectivity index (χ1n) is 39.2. The van der Waals surface area contributed by atoms with Crippen molar-refractivity contribution in [3.63, 3.8) is 0 Å². The Hall–Kier alpha value is -9.76. The number of aliphatic hydroxyl groups excluding tert-OH is 16. The second-order valence-corrected chi connectivity index (χ2v) is 29.5. The van der Waals surface area contributed by atoms with Crippen molar-refractivity contribution in [1.29, 1.82) is 0 Å². The highest BCUT2D eigenvalue weighted by Crippen LogP contribution is 2.41. The Labute approximate surface area is 692 Å². The Morgan fingerprint density at radius 3 is 0.600 bits per heavy atom. The summed E-state index contributed by atoms with van der Waals surface area (Å²) < 4.78 is 72.7. The summed E-state index contributed by atoms with van der Waals surface area (Å²) in [6, 6.07) is 54.1. The highest BCUT2D eigenvalue weighted by molar-refractivity contribution is 5.57. The van der Waals surface area contributed by atoms with Crippen LogP contribution in [0.3, 0.4) is 0 Å². The molecular weight excluding hydrogens is 1550 g/mol. The van der Waals surface area contributed by atoms with Crippen molar-refractivity contribution >= 4 is 0 Å². The van der Waals surface area contributed by atoms with Crippen LogP contribution in [-0.2, 0) is 90.0 Å². The predicted molar refractivity (Wildman–Crippen MR) is 426 cm³/mol. The van der Waals surface area contributed by atoms with Crippen LogP contribution >= 0.6 is 0 Å². The van der Waals surface area contributed by atoms with Gasteiger partial charge < -0.3 is 139 Å². The molecule has 8 aromatic carbocycles. The largest absolute Gasteiger partial charge is 0.488 e. The van der Waals surface area contributed by atoms with E-state index in [0.29, 0.717) is 70.9 Å². The van der Waals surface area contributed by atoms with E-state index in [2.05, 4.69) is 47.4 Å². The maximum Gasteiger partial charge on any atom is 0.187 e. The van der Waals surface area contributed by atoms with Gasteiger partial charge in [0.2, 0.25) is 0 Å². The van der Waals surface area contributed by atoms with Crippen LogP contribution in [0, 0.1) is 47.4 Å². The quantitative estimate of drug-likeness (QED) is 0.0380. The van der Waals surface area contributed by atoms with E-state index >= 15 is 0 Å². The van der Waals surface area contributed by atoms with E-state index in [1.165, 1.54) is 0 Å². The molecule has 28 heteroatoms. The van der Waals surface area contributed by atoms with Crippen molar-refractivity contribution in [2.45, 2.75) is 175 Å². The number of benzene rings is 8. The maximum atomic E-state index is 10.5. The molecule has 0 saturated carbocycles. The van der Waals surface area contributed by atoms with Gasteiger partial charge in [0.15, 0.2) is 25.2 Å². The van der Waals surface area contributed by atoms with E-state index in [9.17, 15) is 81.7 Å². The molecule has 1 aliphatic carbocycles. The summed E-state index contributed by atoms with van der Waals surface area (Å²) >= 11 is 0. The van der Waals surface area contributed by atoms with Crippen molar-refractivity contribution < 1.29 is 139 Å². The molecule has 120 heavy (non-hydrogen) atoms. The Bertz CT molecular complexity index is 4250. The third-order valence-corrected chi connectivity index (χ3v) is 21.2. The fraction of sp³-hybridized carbons (Fsp3) is 0.391. The molecule has 4 fully saturated rings. The molecule has 4 aliphatic heterocycles. The summed E-state index contributed by atoms with van der Waals surface area (Å²) in [6.07, 6.45) is -27.4. The van der Waals surface area contributed by atoms with Crippen LogP contribution in [-0.4, -0.2) is 257 Å². The molecule has 0 aromatic heterocycles. The minimum Gasteiger partial charge on any atom is -0.488 e. The topological polar surface area (TPSA) is 434 Å². The lowest BCUT2D eigenvalue weighted by Crippen LogP contribution is -2.59. The molecule has 0 spiro atoms. The monoisotopic (exact) mass is 1650 g/mol. The number of aliphatic hydroxyl groups is 16. The lowest BCUT2D eigenvalue weighted by atomic mass is 9.91. The van der Waals surface area contributed by atoms with E-state index in [4.69, 9.17) is 56.8 Å². The van der Waals surface area contributed by atoms with Crippen molar-refractivity contribution in [3.8, 4) is 70.4 Å². The van der Waals surface area contributed by atoms with Gasteiger partial charge in [0.25, 0.3) is 0 Å². The number of para-hydroxylation sites is 4. The molecule has 0 radical (unpaired) electrons. The Morgan fingerprint density at radius 1 is 0.242 bits per heavy atom.